The molecule has 14 heavy (non-hydrogen) atoms. The fraction of sp³-hybridized carbons (Fsp3) is 0.154. The van der Waals surface area contributed by atoms with Gasteiger partial charge in [0.05, 0.1) is 0 Å². The number of phenols is 1. The molecule has 0 heterocycles. The number of aromatic hydroxyl groups is 1. The Morgan fingerprint density at radius 3 is 2.57 bits per heavy atom. The van der Waals surface area contributed by atoms with Crippen molar-refractivity contribution < 1.29 is 5.11 Å². The van der Waals surface area contributed by atoms with Gasteiger partial charge in [-0.1, -0.05) is 35.9 Å². The zero-order valence-corrected chi connectivity index (χ0v) is 8.40. The van der Waals surface area contributed by atoms with Gasteiger partial charge in [0.2, 0.25) is 0 Å². The smallest absolute Gasteiger partial charge is 0.115 e. The highest BCUT2D eigenvalue weighted by molar-refractivity contribution is 5.50. The summed E-state index contributed by atoms with van der Waals surface area (Å²) in [7, 11) is 0. The third-order valence-corrected chi connectivity index (χ3v) is 1.99. The molecule has 0 aliphatic rings. The molecule has 0 saturated heterocycles. The van der Waals surface area contributed by atoms with Crippen molar-refractivity contribution >= 4 is 6.08 Å². The summed E-state index contributed by atoms with van der Waals surface area (Å²) >= 11 is 0. The summed E-state index contributed by atoms with van der Waals surface area (Å²) in [6, 6.07) is 7.14. The molecule has 73 valence electrons. The average molecular weight is 187 g/mol. The van der Waals surface area contributed by atoms with Gasteiger partial charge in [-0.2, -0.15) is 0 Å². The maximum Gasteiger partial charge on any atom is 0.115 e. The van der Waals surface area contributed by atoms with Gasteiger partial charge in [0, 0.05) is 0 Å². The number of allylic oxidation sites excluding steroid dienone is 3. The van der Waals surface area contributed by atoms with Crippen LogP contribution < -0.4 is 0 Å². The SMILES string of the molecule is [CH2]/C=C(\C)C/C=C/c1ccc(O)cc1. The molecule has 0 saturated carbocycles. The minimum absolute atomic E-state index is 0.302. The Morgan fingerprint density at radius 1 is 1.36 bits per heavy atom. The van der Waals surface area contributed by atoms with Crippen molar-refractivity contribution in [1.82, 2.24) is 0 Å². The Kier molecular flexibility index (Phi) is 3.99. The minimum Gasteiger partial charge on any atom is -0.508 e. The maximum absolute atomic E-state index is 9.07. The van der Waals surface area contributed by atoms with Crippen molar-refractivity contribution in [3.8, 4) is 5.75 Å². The van der Waals surface area contributed by atoms with E-state index >= 15 is 0 Å². The Morgan fingerprint density at radius 2 is 2.00 bits per heavy atom. The van der Waals surface area contributed by atoms with Gasteiger partial charge < -0.3 is 5.11 Å². The second kappa shape index (κ2) is 5.28. The second-order valence-electron chi connectivity index (χ2n) is 3.25. The molecule has 0 fully saturated rings. The van der Waals surface area contributed by atoms with Crippen LogP contribution in [0, 0.1) is 6.92 Å². The molecule has 0 bridgehead atoms. The quantitative estimate of drug-likeness (QED) is 0.766. The van der Waals surface area contributed by atoms with E-state index in [2.05, 4.69) is 13.0 Å². The summed E-state index contributed by atoms with van der Waals surface area (Å²) in [4.78, 5) is 0. The molecule has 0 aromatic heterocycles. The number of rotatable bonds is 3. The predicted molar refractivity (Wildman–Crippen MR) is 60.9 cm³/mol. The zero-order valence-electron chi connectivity index (χ0n) is 8.40. The van der Waals surface area contributed by atoms with E-state index in [9.17, 15) is 0 Å². The molecule has 1 radical (unpaired) electrons. The molecule has 1 N–H and O–H groups in total. The number of hydrogen-bond acceptors (Lipinski definition) is 1. The van der Waals surface area contributed by atoms with Crippen LogP contribution in [0.2, 0.25) is 0 Å². The molecule has 1 aromatic carbocycles. The highest BCUT2D eigenvalue weighted by atomic mass is 16.3. The van der Waals surface area contributed by atoms with Crippen LogP contribution in [0.4, 0.5) is 0 Å². The van der Waals surface area contributed by atoms with Crippen LogP contribution in [0.3, 0.4) is 0 Å². The van der Waals surface area contributed by atoms with E-state index in [0.717, 1.165) is 12.0 Å². The Bertz CT molecular complexity index is 331. The van der Waals surface area contributed by atoms with Crippen LogP contribution in [0.5, 0.6) is 5.75 Å². The highest BCUT2D eigenvalue weighted by Gasteiger charge is 1.87. The predicted octanol–water partition coefficient (Wildman–Crippen LogP) is 3.58. The monoisotopic (exact) mass is 187 g/mol. The molecule has 0 aliphatic carbocycles. The maximum atomic E-state index is 9.07. The van der Waals surface area contributed by atoms with E-state index in [1.54, 1.807) is 12.1 Å². The molecular formula is C13H15O. The van der Waals surface area contributed by atoms with Crippen molar-refractivity contribution in [3.63, 3.8) is 0 Å². The molecule has 0 atom stereocenters. The van der Waals surface area contributed by atoms with Crippen molar-refractivity contribution in [3.05, 3.63) is 54.5 Å². The molecule has 0 unspecified atom stereocenters. The fourth-order valence-electron chi connectivity index (χ4n) is 1.05. The molecule has 1 aromatic rings. The Balaban J connectivity index is 2.56. The number of hydrogen-bond donors (Lipinski definition) is 1. The van der Waals surface area contributed by atoms with Gasteiger partial charge in [-0.05, 0) is 38.0 Å². The first kappa shape index (κ1) is 10.6. The summed E-state index contributed by atoms with van der Waals surface area (Å²) in [6.07, 6.45) is 6.90. The van der Waals surface area contributed by atoms with Gasteiger partial charge in [0.1, 0.15) is 5.75 Å². The van der Waals surface area contributed by atoms with E-state index in [1.807, 2.05) is 31.2 Å². The first-order chi connectivity index (χ1) is 6.72. The average Bonchev–Trinajstić information content (AvgIpc) is 2.21. The van der Waals surface area contributed by atoms with Crippen LogP contribution in [-0.2, 0) is 0 Å². The van der Waals surface area contributed by atoms with Gasteiger partial charge in [-0.15, -0.1) is 0 Å². The standard InChI is InChI=1S/C13H15O/c1-3-11(2)5-4-6-12-7-9-13(14)10-8-12/h3-4,6-10,14H,1,5H2,2H3/b6-4+,11-3+. The van der Waals surface area contributed by atoms with Gasteiger partial charge in [0.25, 0.3) is 0 Å². The first-order valence-corrected chi connectivity index (χ1v) is 4.63. The van der Waals surface area contributed by atoms with E-state index in [0.29, 0.717) is 5.75 Å². The van der Waals surface area contributed by atoms with Crippen LogP contribution >= 0.6 is 0 Å². The third-order valence-electron chi connectivity index (χ3n) is 1.99. The lowest BCUT2D eigenvalue weighted by molar-refractivity contribution is 0.475. The molecule has 0 aliphatic heterocycles. The number of benzene rings is 1. The first-order valence-electron chi connectivity index (χ1n) is 4.63. The molecule has 1 nitrogen and oxygen atoms in total. The lowest BCUT2D eigenvalue weighted by Crippen LogP contribution is -1.73. The molecular weight excluding hydrogens is 172 g/mol. The van der Waals surface area contributed by atoms with E-state index in [1.165, 1.54) is 5.57 Å². The van der Waals surface area contributed by atoms with Crippen molar-refractivity contribution in [2.24, 2.45) is 0 Å². The molecule has 0 amide bonds. The molecule has 1 rings (SSSR count). The summed E-state index contributed by atoms with van der Waals surface area (Å²) < 4.78 is 0. The highest BCUT2D eigenvalue weighted by Crippen LogP contribution is 2.11. The molecule has 0 spiro atoms. The van der Waals surface area contributed by atoms with Crippen molar-refractivity contribution in [1.29, 1.82) is 0 Å². The van der Waals surface area contributed by atoms with Crippen molar-refractivity contribution in [2.75, 3.05) is 0 Å². The van der Waals surface area contributed by atoms with Crippen molar-refractivity contribution in [2.45, 2.75) is 13.3 Å². The van der Waals surface area contributed by atoms with E-state index < -0.39 is 0 Å². The van der Waals surface area contributed by atoms with Crippen LogP contribution in [0.1, 0.15) is 18.9 Å². The van der Waals surface area contributed by atoms with Gasteiger partial charge in [-0.25, -0.2) is 0 Å². The van der Waals surface area contributed by atoms with Gasteiger partial charge in [-0.3, -0.25) is 0 Å². The number of phenolic OH excluding ortho intramolecular Hbond substituents is 1. The normalized spacial score (nSPS) is 12.3. The topological polar surface area (TPSA) is 20.2 Å². The second-order valence-corrected chi connectivity index (χ2v) is 3.25. The van der Waals surface area contributed by atoms with Gasteiger partial charge >= 0.3 is 0 Å². The fourth-order valence-corrected chi connectivity index (χ4v) is 1.05. The largest absolute Gasteiger partial charge is 0.508 e. The van der Waals surface area contributed by atoms with Crippen LogP contribution in [-0.4, -0.2) is 5.11 Å². The Hall–Kier alpha value is -1.50. The summed E-state index contributed by atoms with van der Waals surface area (Å²) in [6.45, 7) is 5.74. The summed E-state index contributed by atoms with van der Waals surface area (Å²) in [5.74, 6) is 0.302. The van der Waals surface area contributed by atoms with E-state index in [4.69, 9.17) is 5.11 Å². The summed E-state index contributed by atoms with van der Waals surface area (Å²) in [5, 5.41) is 9.07. The van der Waals surface area contributed by atoms with Crippen LogP contribution in [0.15, 0.2) is 42.0 Å². The van der Waals surface area contributed by atoms with Crippen LogP contribution in [0.25, 0.3) is 6.08 Å². The zero-order chi connectivity index (χ0) is 10.4. The lowest BCUT2D eigenvalue weighted by atomic mass is 10.1. The third kappa shape index (κ3) is 3.48. The lowest BCUT2D eigenvalue weighted by Gasteiger charge is -1.95. The molecule has 1 heteroatoms. The van der Waals surface area contributed by atoms with Gasteiger partial charge in [0.15, 0.2) is 0 Å². The van der Waals surface area contributed by atoms with E-state index in [-0.39, 0.29) is 0 Å². The Labute approximate surface area is 85.4 Å². The minimum atomic E-state index is 0.302. The summed E-state index contributed by atoms with van der Waals surface area (Å²) in [5.41, 5.74) is 2.35.